The summed E-state index contributed by atoms with van der Waals surface area (Å²) in [6, 6.07) is 0. The SMILES string of the molecule is C.C.C=C[Si](C)(C)O[Si](C)(C)O[Si](C)(C)O[Si](C)(C)O[Si](O[Si](C)(C)C)(O[Si](C)(C)C)O[Si](C)(C)C. The van der Waals surface area contributed by atoms with Gasteiger partial charge in [0, 0.05) is 0 Å². The summed E-state index contributed by atoms with van der Waals surface area (Å²) in [6.45, 7) is 39.9. The molecule has 0 amide bonds. The van der Waals surface area contributed by atoms with E-state index in [2.05, 4.69) is 105 Å². The molecule has 0 aliphatic carbocycles. The second-order valence-electron chi connectivity index (χ2n) is 13.6. The van der Waals surface area contributed by atoms with Crippen LogP contribution in [0.1, 0.15) is 14.9 Å². The van der Waals surface area contributed by atoms with Gasteiger partial charge in [0.15, 0.2) is 33.3 Å². The summed E-state index contributed by atoms with van der Waals surface area (Å²) in [5.41, 5.74) is 1.94. The third-order valence-corrected chi connectivity index (χ3v) is 29.9. The molecule has 0 saturated carbocycles. The van der Waals surface area contributed by atoms with E-state index >= 15 is 0 Å². The van der Waals surface area contributed by atoms with Crippen LogP contribution in [0.15, 0.2) is 12.3 Å². The third kappa shape index (κ3) is 19.3. The maximum Gasteiger partial charge on any atom is 0.638 e. The van der Waals surface area contributed by atoms with Crippen molar-refractivity contribution in [3.8, 4) is 0 Å². The maximum absolute atomic E-state index is 6.84. The molecule has 0 N–H and O–H groups in total. The zero-order chi connectivity index (χ0) is 27.7. The van der Waals surface area contributed by atoms with Gasteiger partial charge in [-0.05, 0) is 111 Å². The Bertz CT molecular complexity index is 640. The van der Waals surface area contributed by atoms with Crippen LogP contribution in [0.2, 0.25) is 111 Å². The van der Waals surface area contributed by atoms with E-state index in [4.69, 9.17) is 28.8 Å². The van der Waals surface area contributed by atoms with Gasteiger partial charge in [-0.25, -0.2) is 0 Å². The van der Waals surface area contributed by atoms with Crippen molar-refractivity contribution < 1.29 is 28.8 Å². The highest BCUT2D eigenvalue weighted by atomic mass is 28.6. The Morgan fingerprint density at radius 3 is 0.889 bits per heavy atom. The van der Waals surface area contributed by atoms with Gasteiger partial charge in [-0.3, -0.25) is 0 Å². The van der Waals surface area contributed by atoms with Crippen molar-refractivity contribution in [3.05, 3.63) is 12.3 Å². The molecule has 0 rings (SSSR count). The lowest BCUT2D eigenvalue weighted by Crippen LogP contribution is -2.67. The first kappa shape index (κ1) is 41.7. The van der Waals surface area contributed by atoms with Gasteiger partial charge in [-0.1, -0.05) is 20.6 Å². The molecule has 0 spiro atoms. The highest BCUT2D eigenvalue weighted by Gasteiger charge is 2.58. The summed E-state index contributed by atoms with van der Waals surface area (Å²) >= 11 is 0. The summed E-state index contributed by atoms with van der Waals surface area (Å²) in [4.78, 5) is 0. The molecule has 0 unspecified atom stereocenters. The van der Waals surface area contributed by atoms with Crippen LogP contribution in [-0.2, 0) is 28.8 Å². The normalized spacial score (nSPS) is 14.7. The van der Waals surface area contributed by atoms with Crippen LogP contribution in [0, 0.1) is 0 Å². The standard InChI is InChI=1S/C19H54O7Si8.2CH4/c1-19-30(11,12)23-31(13,14)24-32(15,16)25-33(17,18)26-34(20-27(2,3)4,21-28(5,6)7)22-29(8,9)10;;/h19H,1H2,2-18H3;2*1H4. The number of rotatable bonds is 15. The van der Waals surface area contributed by atoms with E-state index in [1.54, 1.807) is 0 Å². The first-order valence-electron chi connectivity index (χ1n) is 12.1. The summed E-state index contributed by atoms with van der Waals surface area (Å²) < 4.78 is 46.7. The molecule has 0 heterocycles. The topological polar surface area (TPSA) is 64.6 Å². The van der Waals surface area contributed by atoms with Gasteiger partial charge >= 0.3 is 34.7 Å². The Morgan fingerprint density at radius 1 is 0.389 bits per heavy atom. The fourth-order valence-electron chi connectivity index (χ4n) is 3.47. The van der Waals surface area contributed by atoms with Gasteiger partial charge in [0.2, 0.25) is 0 Å². The van der Waals surface area contributed by atoms with Crippen LogP contribution < -0.4 is 0 Å². The molecule has 36 heavy (non-hydrogen) atoms. The first-order chi connectivity index (χ1) is 14.5. The lowest BCUT2D eigenvalue weighted by molar-refractivity contribution is 0.133. The van der Waals surface area contributed by atoms with Crippen LogP contribution in [0.5, 0.6) is 0 Å². The fourth-order valence-corrected chi connectivity index (χ4v) is 34.6. The minimum Gasteiger partial charge on any atom is -0.433 e. The highest BCUT2D eigenvalue weighted by molar-refractivity contribution is 6.93. The zero-order valence-electron chi connectivity index (χ0n) is 25.1. The second kappa shape index (κ2) is 13.7. The van der Waals surface area contributed by atoms with Gasteiger partial charge in [0.25, 0.3) is 0 Å². The minimum atomic E-state index is -3.48. The van der Waals surface area contributed by atoms with E-state index in [1.165, 1.54) is 0 Å². The van der Waals surface area contributed by atoms with E-state index in [1.807, 2.05) is 18.8 Å². The lowest BCUT2D eigenvalue weighted by Gasteiger charge is -2.45. The van der Waals surface area contributed by atoms with Gasteiger partial charge in [0.05, 0.1) is 0 Å². The van der Waals surface area contributed by atoms with Crippen molar-refractivity contribution in [1.29, 1.82) is 0 Å². The summed E-state index contributed by atoms with van der Waals surface area (Å²) in [5, 5.41) is 0. The van der Waals surface area contributed by atoms with Crippen molar-refractivity contribution in [2.24, 2.45) is 0 Å². The smallest absolute Gasteiger partial charge is 0.433 e. The number of hydrogen-bond donors (Lipinski definition) is 0. The third-order valence-electron chi connectivity index (χ3n) is 3.65. The monoisotopic (exact) mass is 650 g/mol. The zero-order valence-corrected chi connectivity index (χ0v) is 33.1. The molecule has 0 aromatic heterocycles. The van der Waals surface area contributed by atoms with Crippen molar-refractivity contribution >= 4 is 68.0 Å². The minimum absolute atomic E-state index is 0. The van der Waals surface area contributed by atoms with Gasteiger partial charge in [0.1, 0.15) is 0 Å². The van der Waals surface area contributed by atoms with Crippen LogP contribution in [0.25, 0.3) is 0 Å². The van der Waals surface area contributed by atoms with E-state index in [0.717, 1.165) is 0 Å². The van der Waals surface area contributed by atoms with Crippen LogP contribution >= 0.6 is 0 Å². The average Bonchev–Trinajstić information content (AvgIpc) is 2.34. The average molecular weight is 651 g/mol. The predicted molar refractivity (Wildman–Crippen MR) is 177 cm³/mol. The lowest BCUT2D eigenvalue weighted by atomic mass is 11.3. The quantitative estimate of drug-likeness (QED) is 0.165. The van der Waals surface area contributed by atoms with Crippen LogP contribution in [0.4, 0.5) is 0 Å². The first-order valence-corrected chi connectivity index (χ1v) is 35.3. The van der Waals surface area contributed by atoms with E-state index in [-0.39, 0.29) is 14.9 Å². The van der Waals surface area contributed by atoms with Crippen molar-refractivity contribution in [2.45, 2.75) is 126 Å². The Hall–Kier alpha value is 1.20. The molecule has 0 saturated heterocycles. The molecule has 0 aliphatic rings. The summed E-state index contributed by atoms with van der Waals surface area (Å²) in [5.74, 6) is 0. The molecule has 0 atom stereocenters. The van der Waals surface area contributed by atoms with Crippen molar-refractivity contribution in [3.63, 3.8) is 0 Å². The van der Waals surface area contributed by atoms with Crippen molar-refractivity contribution in [1.82, 2.24) is 0 Å². The van der Waals surface area contributed by atoms with Crippen molar-refractivity contribution in [2.75, 3.05) is 0 Å². The molecular weight excluding hydrogens is 589 g/mol. The van der Waals surface area contributed by atoms with Gasteiger partial charge in [-0.15, -0.1) is 6.58 Å². The van der Waals surface area contributed by atoms with Gasteiger partial charge < -0.3 is 28.8 Å². The Kier molecular flexibility index (Phi) is 15.9. The molecule has 0 fully saturated rings. The molecule has 0 radical (unpaired) electrons. The van der Waals surface area contributed by atoms with E-state index < -0.39 is 68.0 Å². The Labute approximate surface area is 234 Å². The second-order valence-corrected chi connectivity index (χ2v) is 45.0. The molecule has 0 bridgehead atoms. The van der Waals surface area contributed by atoms with Crippen LogP contribution in [0.3, 0.4) is 0 Å². The fraction of sp³-hybridized carbons (Fsp3) is 0.905. The van der Waals surface area contributed by atoms with E-state index in [9.17, 15) is 0 Å². The molecule has 7 nitrogen and oxygen atoms in total. The van der Waals surface area contributed by atoms with Crippen LogP contribution in [-0.4, -0.2) is 68.0 Å². The molecule has 0 aliphatic heterocycles. The largest absolute Gasteiger partial charge is 0.638 e. The molecular formula is C21H62O7Si8. The maximum atomic E-state index is 6.84. The Balaban J connectivity index is -0.00000544. The molecule has 0 aromatic carbocycles. The number of hydrogen-bond acceptors (Lipinski definition) is 7. The van der Waals surface area contributed by atoms with E-state index in [0.29, 0.717) is 0 Å². The van der Waals surface area contributed by atoms with Gasteiger partial charge in [-0.2, -0.15) is 0 Å². The summed E-state index contributed by atoms with van der Waals surface area (Å²) in [7, 11) is -19.5. The predicted octanol–water partition coefficient (Wildman–Crippen LogP) is 8.35. The highest BCUT2D eigenvalue weighted by Crippen LogP contribution is 2.32. The molecule has 0 aromatic rings. The molecule has 15 heteroatoms. The summed E-state index contributed by atoms with van der Waals surface area (Å²) in [6.07, 6.45) is 0. The Morgan fingerprint density at radius 2 is 0.639 bits per heavy atom. The molecule has 220 valence electrons.